The summed E-state index contributed by atoms with van der Waals surface area (Å²) in [5, 5.41) is 9.71. The maximum Gasteiger partial charge on any atom is 0.307 e. The highest BCUT2D eigenvalue weighted by atomic mass is 35.5. The minimum absolute atomic E-state index is 0.220. The van der Waals surface area contributed by atoms with Gasteiger partial charge in [0.15, 0.2) is 0 Å². The second-order valence-electron chi connectivity index (χ2n) is 4.55. The van der Waals surface area contributed by atoms with Gasteiger partial charge in [-0.2, -0.15) is 0 Å². The molecule has 1 fully saturated rings. The van der Waals surface area contributed by atoms with Gasteiger partial charge in [0, 0.05) is 17.6 Å². The summed E-state index contributed by atoms with van der Waals surface area (Å²) in [4.78, 5) is 13.1. The Kier molecular flexibility index (Phi) is 3.69. The molecule has 1 N–H and O–H groups in total. The first-order valence-electron chi connectivity index (χ1n) is 5.80. The zero-order valence-corrected chi connectivity index (χ0v) is 10.5. The van der Waals surface area contributed by atoms with E-state index < -0.39 is 5.97 Å². The summed E-state index contributed by atoms with van der Waals surface area (Å²) in [5.41, 5.74) is 1.14. The van der Waals surface area contributed by atoms with E-state index in [1.54, 1.807) is 0 Å². The normalized spacial score (nSPS) is 22.6. The number of aliphatic carboxylic acids is 1. The number of benzene rings is 1. The summed E-state index contributed by atoms with van der Waals surface area (Å²) >= 11 is 5.96. The maximum absolute atomic E-state index is 10.9. The van der Waals surface area contributed by atoms with E-state index in [-0.39, 0.29) is 12.0 Å². The van der Waals surface area contributed by atoms with Crippen molar-refractivity contribution in [1.82, 2.24) is 4.90 Å². The molecule has 0 spiro atoms. The van der Waals surface area contributed by atoms with Crippen molar-refractivity contribution in [2.24, 2.45) is 5.92 Å². The predicted octanol–water partition coefficient (Wildman–Crippen LogP) is 2.81. The average molecular weight is 254 g/mol. The molecule has 0 aromatic heterocycles. The SMILES string of the molecule is C[C@@H](c1cccc(Cl)c1)N1CC[C@@H](C(=O)O)C1. The first-order valence-corrected chi connectivity index (χ1v) is 6.18. The van der Waals surface area contributed by atoms with Gasteiger partial charge < -0.3 is 5.11 Å². The number of likely N-dealkylation sites (tertiary alicyclic amines) is 1. The first kappa shape index (κ1) is 12.4. The first-order chi connectivity index (χ1) is 8.08. The number of halogens is 1. The van der Waals surface area contributed by atoms with Crippen molar-refractivity contribution in [3.05, 3.63) is 34.9 Å². The van der Waals surface area contributed by atoms with E-state index in [0.29, 0.717) is 6.54 Å². The molecular formula is C13H16ClNO2. The molecule has 4 heteroatoms. The third-order valence-electron chi connectivity index (χ3n) is 3.45. The Balaban J connectivity index is 2.06. The van der Waals surface area contributed by atoms with Crippen LogP contribution in [0, 0.1) is 5.92 Å². The van der Waals surface area contributed by atoms with Crippen molar-refractivity contribution < 1.29 is 9.90 Å². The van der Waals surface area contributed by atoms with Gasteiger partial charge in [-0.1, -0.05) is 23.7 Å². The molecule has 0 amide bonds. The number of rotatable bonds is 3. The highest BCUT2D eigenvalue weighted by Gasteiger charge is 2.30. The topological polar surface area (TPSA) is 40.5 Å². The van der Waals surface area contributed by atoms with Gasteiger partial charge in [-0.05, 0) is 37.6 Å². The fourth-order valence-electron chi connectivity index (χ4n) is 2.32. The molecule has 1 saturated heterocycles. The van der Waals surface area contributed by atoms with E-state index in [1.165, 1.54) is 0 Å². The Morgan fingerprint density at radius 1 is 1.59 bits per heavy atom. The van der Waals surface area contributed by atoms with Crippen LogP contribution in [0.5, 0.6) is 0 Å². The molecule has 92 valence electrons. The van der Waals surface area contributed by atoms with Gasteiger partial charge in [0.05, 0.1) is 5.92 Å². The van der Waals surface area contributed by atoms with Gasteiger partial charge >= 0.3 is 5.97 Å². The van der Waals surface area contributed by atoms with Crippen LogP contribution in [0.4, 0.5) is 0 Å². The van der Waals surface area contributed by atoms with Gasteiger partial charge in [-0.25, -0.2) is 0 Å². The fourth-order valence-corrected chi connectivity index (χ4v) is 2.52. The van der Waals surface area contributed by atoms with Gasteiger partial charge in [0.1, 0.15) is 0 Å². The number of hydrogen-bond donors (Lipinski definition) is 1. The average Bonchev–Trinajstić information content (AvgIpc) is 2.77. The van der Waals surface area contributed by atoms with Gasteiger partial charge in [0.25, 0.3) is 0 Å². The minimum atomic E-state index is -0.689. The highest BCUT2D eigenvalue weighted by molar-refractivity contribution is 6.30. The van der Waals surface area contributed by atoms with Crippen LogP contribution >= 0.6 is 11.6 Å². The molecule has 1 aliphatic heterocycles. The lowest BCUT2D eigenvalue weighted by Gasteiger charge is -2.24. The molecule has 3 nitrogen and oxygen atoms in total. The van der Waals surface area contributed by atoms with Crippen molar-refractivity contribution in [1.29, 1.82) is 0 Å². The molecule has 1 aromatic carbocycles. The summed E-state index contributed by atoms with van der Waals surface area (Å²) < 4.78 is 0. The monoisotopic (exact) mass is 253 g/mol. The van der Waals surface area contributed by atoms with Crippen molar-refractivity contribution in [3.63, 3.8) is 0 Å². The third-order valence-corrected chi connectivity index (χ3v) is 3.68. The summed E-state index contributed by atoms with van der Waals surface area (Å²) in [6, 6.07) is 7.98. The third kappa shape index (κ3) is 2.79. The summed E-state index contributed by atoms with van der Waals surface area (Å²) in [7, 11) is 0. The zero-order chi connectivity index (χ0) is 12.4. The van der Waals surface area contributed by atoms with Crippen molar-refractivity contribution in [3.8, 4) is 0 Å². The van der Waals surface area contributed by atoms with Crippen LogP contribution in [-0.2, 0) is 4.79 Å². The Morgan fingerprint density at radius 2 is 2.35 bits per heavy atom. The Labute approximate surface area is 106 Å². The van der Waals surface area contributed by atoms with E-state index in [0.717, 1.165) is 23.6 Å². The molecule has 0 unspecified atom stereocenters. The summed E-state index contributed by atoms with van der Waals surface area (Å²) in [6.45, 7) is 3.56. The maximum atomic E-state index is 10.9. The van der Waals surface area contributed by atoms with Crippen molar-refractivity contribution >= 4 is 17.6 Å². The van der Waals surface area contributed by atoms with Crippen LogP contribution in [-0.4, -0.2) is 29.1 Å². The van der Waals surface area contributed by atoms with E-state index >= 15 is 0 Å². The standard InChI is InChI=1S/C13H16ClNO2/c1-9(10-3-2-4-12(14)7-10)15-6-5-11(8-15)13(16)17/h2-4,7,9,11H,5-6,8H2,1H3,(H,16,17)/t9-,11+/m0/s1. The zero-order valence-electron chi connectivity index (χ0n) is 9.77. The largest absolute Gasteiger partial charge is 0.481 e. The molecule has 0 saturated carbocycles. The lowest BCUT2D eigenvalue weighted by atomic mass is 10.1. The molecule has 0 bridgehead atoms. The van der Waals surface area contributed by atoms with Gasteiger partial charge in [-0.15, -0.1) is 0 Å². The number of carbonyl (C=O) groups is 1. The fraction of sp³-hybridized carbons (Fsp3) is 0.462. The van der Waals surface area contributed by atoms with Crippen LogP contribution < -0.4 is 0 Å². The predicted molar refractivity (Wildman–Crippen MR) is 67.2 cm³/mol. The van der Waals surface area contributed by atoms with E-state index in [9.17, 15) is 4.79 Å². The summed E-state index contributed by atoms with van der Waals surface area (Å²) in [5.74, 6) is -0.914. The second kappa shape index (κ2) is 5.07. The van der Waals surface area contributed by atoms with E-state index in [4.69, 9.17) is 16.7 Å². The molecule has 17 heavy (non-hydrogen) atoms. The number of hydrogen-bond acceptors (Lipinski definition) is 2. The smallest absolute Gasteiger partial charge is 0.307 e. The quantitative estimate of drug-likeness (QED) is 0.901. The van der Waals surface area contributed by atoms with Crippen LogP contribution in [0.1, 0.15) is 24.9 Å². The number of nitrogens with zero attached hydrogens (tertiary/aromatic N) is 1. The molecule has 1 heterocycles. The van der Waals surface area contributed by atoms with Crippen molar-refractivity contribution in [2.75, 3.05) is 13.1 Å². The summed E-state index contributed by atoms with van der Waals surface area (Å²) in [6.07, 6.45) is 0.736. The minimum Gasteiger partial charge on any atom is -0.481 e. The number of carboxylic acids is 1. The van der Waals surface area contributed by atoms with Gasteiger partial charge in [0.2, 0.25) is 0 Å². The van der Waals surface area contributed by atoms with Crippen LogP contribution in [0.25, 0.3) is 0 Å². The Hall–Kier alpha value is -1.06. The van der Waals surface area contributed by atoms with Crippen LogP contribution in [0.3, 0.4) is 0 Å². The highest BCUT2D eigenvalue weighted by Crippen LogP contribution is 2.28. The van der Waals surface area contributed by atoms with E-state index in [1.807, 2.05) is 24.3 Å². The molecule has 1 aromatic rings. The van der Waals surface area contributed by atoms with Crippen LogP contribution in [0.2, 0.25) is 5.02 Å². The molecular weight excluding hydrogens is 238 g/mol. The number of carboxylic acid groups (broad SMARTS) is 1. The lowest BCUT2D eigenvalue weighted by Crippen LogP contribution is -2.26. The molecule has 1 aliphatic rings. The molecule has 2 rings (SSSR count). The van der Waals surface area contributed by atoms with E-state index in [2.05, 4.69) is 11.8 Å². The van der Waals surface area contributed by atoms with Crippen LogP contribution in [0.15, 0.2) is 24.3 Å². The Morgan fingerprint density at radius 3 is 2.94 bits per heavy atom. The lowest BCUT2D eigenvalue weighted by molar-refractivity contribution is -0.141. The second-order valence-corrected chi connectivity index (χ2v) is 4.99. The van der Waals surface area contributed by atoms with Gasteiger partial charge in [-0.3, -0.25) is 9.69 Å². The molecule has 0 radical (unpaired) electrons. The Bertz CT molecular complexity index is 422. The molecule has 2 atom stereocenters. The van der Waals surface area contributed by atoms with Crippen molar-refractivity contribution in [2.45, 2.75) is 19.4 Å². The molecule has 0 aliphatic carbocycles.